The van der Waals surface area contributed by atoms with Gasteiger partial charge < -0.3 is 0 Å². The Morgan fingerprint density at radius 1 is 1.50 bits per heavy atom. The highest BCUT2D eigenvalue weighted by molar-refractivity contribution is 7.89. The van der Waals surface area contributed by atoms with Crippen LogP contribution in [-0.2, 0) is 16.6 Å². The molecule has 5 nitrogen and oxygen atoms in total. The van der Waals surface area contributed by atoms with E-state index in [1.807, 2.05) is 11.0 Å². The van der Waals surface area contributed by atoms with Crippen molar-refractivity contribution in [3.63, 3.8) is 0 Å². The van der Waals surface area contributed by atoms with E-state index < -0.39 is 10.0 Å². The van der Waals surface area contributed by atoms with Crippen LogP contribution in [0.15, 0.2) is 18.2 Å². The van der Waals surface area contributed by atoms with Gasteiger partial charge >= 0.3 is 0 Å². The number of nitrogens with zero attached hydrogens (tertiary/aromatic N) is 2. The molecule has 0 aromatic heterocycles. The molecule has 1 fully saturated rings. The van der Waals surface area contributed by atoms with Gasteiger partial charge in [0, 0.05) is 18.2 Å². The highest BCUT2D eigenvalue weighted by Gasteiger charge is 2.28. The molecule has 1 aromatic carbocycles. The first-order chi connectivity index (χ1) is 9.39. The van der Waals surface area contributed by atoms with Gasteiger partial charge in [-0.05, 0) is 37.6 Å². The number of benzene rings is 1. The molecule has 1 saturated heterocycles. The first-order valence-corrected chi connectivity index (χ1v) is 8.03. The van der Waals surface area contributed by atoms with Crippen LogP contribution in [0.3, 0.4) is 0 Å². The monoisotopic (exact) mass is 297 g/mol. The number of nitrogens with two attached hydrogens (primary N) is 1. The molecule has 2 N–H and O–H groups in total. The van der Waals surface area contributed by atoms with Crippen LogP contribution in [0, 0.1) is 17.1 Å². The predicted molar refractivity (Wildman–Crippen MR) is 72.5 cm³/mol. The maximum atomic E-state index is 13.7. The maximum absolute atomic E-state index is 13.7. The summed E-state index contributed by atoms with van der Waals surface area (Å²) in [7, 11) is -3.54. The lowest BCUT2D eigenvalue weighted by molar-refractivity contribution is 0.258. The Kier molecular flexibility index (Phi) is 4.38. The summed E-state index contributed by atoms with van der Waals surface area (Å²) in [4.78, 5) is 1.91. The number of hydrogen-bond acceptors (Lipinski definition) is 4. The van der Waals surface area contributed by atoms with E-state index in [9.17, 15) is 12.8 Å². The first-order valence-electron chi connectivity index (χ1n) is 6.32. The van der Waals surface area contributed by atoms with Crippen molar-refractivity contribution in [2.45, 2.75) is 25.4 Å². The summed E-state index contributed by atoms with van der Waals surface area (Å²) in [6, 6.07) is 5.97. The topological polar surface area (TPSA) is 87.2 Å². The Morgan fingerprint density at radius 2 is 2.25 bits per heavy atom. The van der Waals surface area contributed by atoms with Gasteiger partial charge in [-0.25, -0.2) is 17.9 Å². The van der Waals surface area contributed by atoms with Crippen LogP contribution >= 0.6 is 0 Å². The fourth-order valence-corrected chi connectivity index (χ4v) is 3.46. The van der Waals surface area contributed by atoms with E-state index in [4.69, 9.17) is 10.4 Å². The van der Waals surface area contributed by atoms with E-state index in [0.29, 0.717) is 24.2 Å². The normalized spacial score (nSPS) is 19.9. The van der Waals surface area contributed by atoms with Crippen LogP contribution in [0.25, 0.3) is 0 Å². The van der Waals surface area contributed by atoms with Gasteiger partial charge in [0.05, 0.1) is 17.4 Å². The lowest BCUT2D eigenvalue weighted by atomic mass is 10.1. The van der Waals surface area contributed by atoms with Crippen molar-refractivity contribution in [3.05, 3.63) is 35.1 Å². The molecule has 0 unspecified atom stereocenters. The molecule has 0 amide bonds. The molecular formula is C13H16FN3O2S. The van der Waals surface area contributed by atoms with E-state index in [-0.39, 0.29) is 17.6 Å². The molecule has 0 bridgehead atoms. The summed E-state index contributed by atoms with van der Waals surface area (Å²) in [5, 5.41) is 13.9. The van der Waals surface area contributed by atoms with Crippen molar-refractivity contribution >= 4 is 10.0 Å². The van der Waals surface area contributed by atoms with E-state index in [0.717, 1.165) is 12.8 Å². The fourth-order valence-electron chi connectivity index (χ4n) is 2.54. The smallest absolute Gasteiger partial charge is 0.210 e. The Morgan fingerprint density at radius 3 is 2.90 bits per heavy atom. The lowest BCUT2D eigenvalue weighted by Gasteiger charge is -2.23. The molecule has 20 heavy (non-hydrogen) atoms. The second-order valence-corrected chi connectivity index (χ2v) is 6.67. The minimum Gasteiger partial charge on any atom is -0.295 e. The highest BCUT2D eigenvalue weighted by atomic mass is 32.2. The third-order valence-corrected chi connectivity index (χ3v) is 4.32. The molecule has 7 heteroatoms. The SMILES string of the molecule is N#Cc1ccc(F)c(CN2CCC[C@H]2CS(N)(=O)=O)c1. The summed E-state index contributed by atoms with van der Waals surface area (Å²) in [5.41, 5.74) is 0.800. The maximum Gasteiger partial charge on any atom is 0.210 e. The number of likely N-dealkylation sites (tertiary alicyclic amines) is 1. The molecule has 0 aliphatic carbocycles. The molecule has 108 valence electrons. The van der Waals surface area contributed by atoms with Crippen molar-refractivity contribution in [1.82, 2.24) is 4.90 Å². The third kappa shape index (κ3) is 3.76. The van der Waals surface area contributed by atoms with Crippen molar-refractivity contribution < 1.29 is 12.8 Å². The Bertz CT molecular complexity index is 640. The minimum absolute atomic E-state index is 0.118. The second-order valence-electron chi connectivity index (χ2n) is 5.01. The minimum atomic E-state index is -3.54. The zero-order valence-corrected chi connectivity index (χ0v) is 11.7. The molecule has 0 radical (unpaired) electrons. The van der Waals surface area contributed by atoms with Crippen molar-refractivity contribution in [2.24, 2.45) is 5.14 Å². The van der Waals surface area contributed by atoms with Gasteiger partial charge in [0.1, 0.15) is 5.82 Å². The summed E-state index contributed by atoms with van der Waals surface area (Å²) < 4.78 is 36.1. The van der Waals surface area contributed by atoms with Crippen LogP contribution in [0.5, 0.6) is 0 Å². The zero-order valence-electron chi connectivity index (χ0n) is 10.9. The van der Waals surface area contributed by atoms with Gasteiger partial charge in [-0.15, -0.1) is 0 Å². The lowest BCUT2D eigenvalue weighted by Crippen LogP contribution is -2.37. The molecule has 2 rings (SSSR count). The molecule has 0 spiro atoms. The molecule has 1 aromatic rings. The number of hydrogen-bond donors (Lipinski definition) is 1. The fraction of sp³-hybridized carbons (Fsp3) is 0.462. The zero-order chi connectivity index (χ0) is 14.8. The van der Waals surface area contributed by atoms with Crippen LogP contribution in [0.1, 0.15) is 24.0 Å². The summed E-state index contributed by atoms with van der Waals surface area (Å²) in [5.74, 6) is -0.503. The molecule has 0 saturated carbocycles. The van der Waals surface area contributed by atoms with Gasteiger partial charge in [-0.1, -0.05) is 0 Å². The van der Waals surface area contributed by atoms with Gasteiger partial charge in [-0.2, -0.15) is 5.26 Å². The third-order valence-electron chi connectivity index (χ3n) is 3.47. The number of halogens is 1. The average molecular weight is 297 g/mol. The summed E-state index contributed by atoms with van der Waals surface area (Å²) >= 11 is 0. The average Bonchev–Trinajstić information content (AvgIpc) is 2.77. The first kappa shape index (κ1) is 14.9. The highest BCUT2D eigenvalue weighted by Crippen LogP contribution is 2.22. The Balaban J connectivity index is 2.15. The predicted octanol–water partition coefficient (Wildman–Crippen LogP) is 0.950. The van der Waals surface area contributed by atoms with E-state index in [2.05, 4.69) is 0 Å². The summed E-state index contributed by atoms with van der Waals surface area (Å²) in [6.45, 7) is 0.998. The van der Waals surface area contributed by atoms with E-state index in [1.165, 1.54) is 18.2 Å². The number of sulfonamides is 1. The molecule has 1 aliphatic heterocycles. The van der Waals surface area contributed by atoms with Gasteiger partial charge in [-0.3, -0.25) is 4.90 Å². The molecule has 1 aliphatic rings. The van der Waals surface area contributed by atoms with Crippen molar-refractivity contribution in [3.8, 4) is 6.07 Å². The molecule has 1 heterocycles. The van der Waals surface area contributed by atoms with Crippen molar-refractivity contribution in [2.75, 3.05) is 12.3 Å². The van der Waals surface area contributed by atoms with E-state index in [1.54, 1.807) is 0 Å². The van der Waals surface area contributed by atoms with Crippen LogP contribution in [0.2, 0.25) is 0 Å². The van der Waals surface area contributed by atoms with Crippen LogP contribution in [-0.4, -0.2) is 31.7 Å². The van der Waals surface area contributed by atoms with Gasteiger partial charge in [0.2, 0.25) is 10.0 Å². The van der Waals surface area contributed by atoms with E-state index >= 15 is 0 Å². The van der Waals surface area contributed by atoms with Gasteiger partial charge in [0.25, 0.3) is 0 Å². The number of nitriles is 1. The van der Waals surface area contributed by atoms with Crippen LogP contribution in [0.4, 0.5) is 4.39 Å². The Hall–Kier alpha value is -1.49. The molecular weight excluding hydrogens is 281 g/mol. The Labute approximate surface area is 117 Å². The van der Waals surface area contributed by atoms with Crippen LogP contribution < -0.4 is 5.14 Å². The molecule has 1 atom stereocenters. The standard InChI is InChI=1S/C13H16FN3O2S/c14-13-4-3-10(7-15)6-11(13)8-17-5-1-2-12(17)9-20(16,18)19/h3-4,6,12H,1-2,5,8-9H2,(H2,16,18,19)/t12-/m0/s1. The number of rotatable bonds is 4. The summed E-state index contributed by atoms with van der Waals surface area (Å²) in [6.07, 6.45) is 1.59. The van der Waals surface area contributed by atoms with Gasteiger partial charge in [0.15, 0.2) is 0 Å². The number of primary sulfonamides is 1. The largest absolute Gasteiger partial charge is 0.295 e. The second kappa shape index (κ2) is 5.87. The quantitative estimate of drug-likeness (QED) is 0.896. The van der Waals surface area contributed by atoms with Crippen molar-refractivity contribution in [1.29, 1.82) is 5.26 Å².